The number of amides is 1. The Morgan fingerprint density at radius 1 is 0.944 bits per heavy atom. The molecule has 1 amide bonds. The number of para-hydroxylation sites is 1. The van der Waals surface area contributed by atoms with Gasteiger partial charge in [-0.2, -0.15) is 0 Å². The number of thioether (sulfide) groups is 1. The van der Waals surface area contributed by atoms with Gasteiger partial charge in [-0.25, -0.2) is 0 Å². The molecule has 180 valence electrons. The molecule has 1 saturated heterocycles. The third kappa shape index (κ3) is 4.98. The second kappa shape index (κ2) is 10.3. The number of hydrogen-bond acceptors (Lipinski definition) is 4. The number of carbonyl (C=O) groups is 1. The Hall–Kier alpha value is -3.32. The van der Waals surface area contributed by atoms with Crippen molar-refractivity contribution in [3.8, 4) is 11.4 Å². The van der Waals surface area contributed by atoms with Gasteiger partial charge in [0.05, 0.1) is 10.6 Å². The Morgan fingerprint density at radius 2 is 1.64 bits per heavy atom. The summed E-state index contributed by atoms with van der Waals surface area (Å²) < 4.78 is 8.64. The molecule has 0 aliphatic carbocycles. The zero-order valence-corrected chi connectivity index (χ0v) is 22.2. The zero-order valence-electron chi connectivity index (χ0n) is 19.8. The first kappa shape index (κ1) is 24.4. The van der Waals surface area contributed by atoms with Gasteiger partial charge in [-0.05, 0) is 85.6 Å². The van der Waals surface area contributed by atoms with Crippen molar-refractivity contribution in [2.45, 2.75) is 20.5 Å². The molecule has 5 rings (SSSR count). The van der Waals surface area contributed by atoms with Gasteiger partial charge in [-0.3, -0.25) is 9.69 Å². The summed E-state index contributed by atoms with van der Waals surface area (Å²) in [5, 5.41) is 0.711. The lowest BCUT2D eigenvalue weighted by Crippen LogP contribution is -2.27. The van der Waals surface area contributed by atoms with E-state index in [9.17, 15) is 4.79 Å². The van der Waals surface area contributed by atoms with Crippen molar-refractivity contribution >= 4 is 57.6 Å². The van der Waals surface area contributed by atoms with E-state index in [1.807, 2.05) is 84.9 Å². The Balaban J connectivity index is 1.35. The standard InChI is InChI=1S/C29H23ClN2O2S2/c1-19-16-22(17-27-28(33)32(29(35)36-27)24-6-4-3-5-7-24)20(2)31(19)25-12-14-26(15-13-25)34-18-21-8-10-23(30)11-9-21/h3-17H,18H2,1-2H3/b27-17+. The van der Waals surface area contributed by atoms with Crippen molar-refractivity contribution in [2.24, 2.45) is 0 Å². The highest BCUT2D eigenvalue weighted by Gasteiger charge is 2.33. The first-order chi connectivity index (χ1) is 17.4. The predicted octanol–water partition coefficient (Wildman–Crippen LogP) is 7.73. The number of hydrogen-bond donors (Lipinski definition) is 0. The second-order valence-corrected chi connectivity index (χ2v) is 10.5. The van der Waals surface area contributed by atoms with Crippen LogP contribution in [0.5, 0.6) is 5.75 Å². The van der Waals surface area contributed by atoms with Crippen molar-refractivity contribution in [2.75, 3.05) is 4.90 Å². The minimum Gasteiger partial charge on any atom is -0.489 e. The fourth-order valence-corrected chi connectivity index (χ4v) is 5.59. The van der Waals surface area contributed by atoms with Gasteiger partial charge in [0.1, 0.15) is 12.4 Å². The molecule has 0 radical (unpaired) electrons. The van der Waals surface area contributed by atoms with E-state index in [2.05, 4.69) is 24.5 Å². The molecular formula is C29H23ClN2O2S2. The number of ether oxygens (including phenoxy) is 1. The second-order valence-electron chi connectivity index (χ2n) is 8.42. The van der Waals surface area contributed by atoms with E-state index in [0.717, 1.165) is 39.6 Å². The van der Waals surface area contributed by atoms with Crippen LogP contribution < -0.4 is 9.64 Å². The van der Waals surface area contributed by atoms with Crippen molar-refractivity contribution in [3.05, 3.63) is 117 Å². The molecule has 1 aliphatic rings. The Kier molecular flexibility index (Phi) is 7.01. The molecule has 0 atom stereocenters. The summed E-state index contributed by atoms with van der Waals surface area (Å²) in [4.78, 5) is 15.3. The third-order valence-corrected chi connectivity index (χ3v) is 7.53. The zero-order chi connectivity index (χ0) is 25.2. The minimum atomic E-state index is -0.0943. The molecule has 0 bridgehead atoms. The number of thiocarbonyl (C=S) groups is 1. The maximum atomic E-state index is 13.1. The van der Waals surface area contributed by atoms with E-state index in [1.165, 1.54) is 11.8 Å². The highest BCUT2D eigenvalue weighted by Crippen LogP contribution is 2.37. The molecule has 4 nitrogen and oxygen atoms in total. The van der Waals surface area contributed by atoms with Crippen molar-refractivity contribution in [1.82, 2.24) is 4.57 Å². The summed E-state index contributed by atoms with van der Waals surface area (Å²) in [5.41, 5.74) is 5.99. The highest BCUT2D eigenvalue weighted by molar-refractivity contribution is 8.27. The minimum absolute atomic E-state index is 0.0943. The van der Waals surface area contributed by atoms with Crippen LogP contribution in [0.3, 0.4) is 0 Å². The number of aryl methyl sites for hydroxylation is 1. The molecule has 1 aliphatic heterocycles. The largest absolute Gasteiger partial charge is 0.489 e. The first-order valence-electron chi connectivity index (χ1n) is 11.4. The van der Waals surface area contributed by atoms with Crippen LogP contribution in [0.4, 0.5) is 5.69 Å². The molecule has 0 saturated carbocycles. The Bertz CT molecular complexity index is 1460. The summed E-state index contributed by atoms with van der Waals surface area (Å²) in [6, 6.07) is 27.2. The van der Waals surface area contributed by atoms with E-state index in [1.54, 1.807) is 4.90 Å². The fraction of sp³-hybridized carbons (Fsp3) is 0.103. The summed E-state index contributed by atoms with van der Waals surface area (Å²) in [6.07, 6.45) is 1.94. The molecule has 0 unspecified atom stereocenters. The van der Waals surface area contributed by atoms with Crippen LogP contribution in [0.2, 0.25) is 5.02 Å². The third-order valence-electron chi connectivity index (χ3n) is 5.98. The van der Waals surface area contributed by atoms with Crippen LogP contribution in [0.1, 0.15) is 22.5 Å². The molecule has 36 heavy (non-hydrogen) atoms. The number of halogens is 1. The molecule has 7 heteroatoms. The number of rotatable bonds is 6. The van der Waals surface area contributed by atoms with Crippen LogP contribution in [0.25, 0.3) is 11.8 Å². The van der Waals surface area contributed by atoms with Crippen molar-refractivity contribution in [3.63, 3.8) is 0 Å². The lowest BCUT2D eigenvalue weighted by atomic mass is 10.2. The highest BCUT2D eigenvalue weighted by atomic mass is 35.5. The summed E-state index contributed by atoms with van der Waals surface area (Å²) in [7, 11) is 0. The molecular weight excluding hydrogens is 508 g/mol. The van der Waals surface area contributed by atoms with E-state index in [-0.39, 0.29) is 5.91 Å². The lowest BCUT2D eigenvalue weighted by Gasteiger charge is -2.13. The van der Waals surface area contributed by atoms with Gasteiger partial charge in [0.15, 0.2) is 4.32 Å². The van der Waals surface area contributed by atoms with Gasteiger partial charge in [0.25, 0.3) is 5.91 Å². The smallest absolute Gasteiger partial charge is 0.270 e. The number of carbonyl (C=O) groups excluding carboxylic acids is 1. The normalized spacial score (nSPS) is 14.6. The molecule has 3 aromatic carbocycles. The topological polar surface area (TPSA) is 34.5 Å². The molecule has 2 heterocycles. The summed E-state index contributed by atoms with van der Waals surface area (Å²) in [5.74, 6) is 0.698. The first-order valence-corrected chi connectivity index (χ1v) is 13.0. The predicted molar refractivity (Wildman–Crippen MR) is 153 cm³/mol. The average Bonchev–Trinajstić information content (AvgIpc) is 3.32. The number of anilines is 1. The van der Waals surface area contributed by atoms with Crippen LogP contribution in [0.15, 0.2) is 89.8 Å². The SMILES string of the molecule is Cc1cc(/C=C2/SC(=S)N(c3ccccc3)C2=O)c(C)n1-c1ccc(OCc2ccc(Cl)cc2)cc1. The molecule has 1 aromatic heterocycles. The van der Waals surface area contributed by atoms with Gasteiger partial charge < -0.3 is 9.30 Å². The molecule has 1 fully saturated rings. The van der Waals surface area contributed by atoms with E-state index >= 15 is 0 Å². The van der Waals surface area contributed by atoms with Crippen molar-refractivity contribution in [1.29, 1.82) is 0 Å². The van der Waals surface area contributed by atoms with E-state index in [4.69, 9.17) is 28.6 Å². The molecule has 4 aromatic rings. The number of nitrogens with zero attached hydrogens (tertiary/aromatic N) is 2. The maximum absolute atomic E-state index is 13.1. The Morgan fingerprint density at radius 3 is 2.33 bits per heavy atom. The van der Waals surface area contributed by atoms with Gasteiger partial charge in [0, 0.05) is 22.1 Å². The summed E-state index contributed by atoms with van der Waals surface area (Å²) in [6.45, 7) is 4.59. The Labute approximate surface area is 225 Å². The van der Waals surface area contributed by atoms with Gasteiger partial charge >= 0.3 is 0 Å². The van der Waals surface area contributed by atoms with Crippen molar-refractivity contribution < 1.29 is 9.53 Å². The quantitative estimate of drug-likeness (QED) is 0.189. The van der Waals surface area contributed by atoms with Gasteiger partial charge in [0.2, 0.25) is 0 Å². The van der Waals surface area contributed by atoms with Crippen LogP contribution in [-0.2, 0) is 11.4 Å². The molecule has 0 spiro atoms. The number of aromatic nitrogens is 1. The monoisotopic (exact) mass is 530 g/mol. The van der Waals surface area contributed by atoms with Crippen LogP contribution >= 0.6 is 35.6 Å². The van der Waals surface area contributed by atoms with Gasteiger partial charge in [-0.15, -0.1) is 0 Å². The lowest BCUT2D eigenvalue weighted by molar-refractivity contribution is -0.113. The van der Waals surface area contributed by atoms with Crippen LogP contribution in [-0.4, -0.2) is 14.8 Å². The fourth-order valence-electron chi connectivity index (χ4n) is 4.18. The summed E-state index contributed by atoms with van der Waals surface area (Å²) >= 11 is 12.8. The van der Waals surface area contributed by atoms with Gasteiger partial charge in [-0.1, -0.05) is 65.9 Å². The van der Waals surface area contributed by atoms with E-state index in [0.29, 0.717) is 20.9 Å². The van der Waals surface area contributed by atoms with Crippen LogP contribution in [0, 0.1) is 13.8 Å². The number of benzene rings is 3. The average molecular weight is 531 g/mol. The maximum Gasteiger partial charge on any atom is 0.270 e. The molecule has 0 N–H and O–H groups in total. The van der Waals surface area contributed by atoms with E-state index < -0.39 is 0 Å².